The monoisotopic (exact) mass is 752 g/mol. The van der Waals surface area contributed by atoms with Crippen molar-refractivity contribution >= 4 is 76.2 Å². The second-order valence-electron chi connectivity index (χ2n) is 16.7. The van der Waals surface area contributed by atoms with Gasteiger partial charge in [-0.05, 0) is 130 Å². The van der Waals surface area contributed by atoms with Gasteiger partial charge in [-0.25, -0.2) is 0 Å². The zero-order valence-electron chi connectivity index (χ0n) is 32.6. The van der Waals surface area contributed by atoms with E-state index in [1.807, 2.05) is 0 Å². The third-order valence-corrected chi connectivity index (χ3v) is 13.3. The molecule has 0 unspecified atom stereocenters. The van der Waals surface area contributed by atoms with E-state index >= 15 is 0 Å². The van der Waals surface area contributed by atoms with Crippen molar-refractivity contribution < 1.29 is 8.83 Å². The molecule has 0 aliphatic heterocycles. The van der Waals surface area contributed by atoms with Gasteiger partial charge in [-0.3, -0.25) is 0 Å². The molecule has 2 heteroatoms. The van der Waals surface area contributed by atoms with Crippen LogP contribution in [0.4, 0.5) is 0 Å². The van der Waals surface area contributed by atoms with Crippen molar-refractivity contribution in [2.45, 2.75) is 19.3 Å². The van der Waals surface area contributed by atoms with Crippen LogP contribution >= 0.6 is 0 Å². The quantitative estimate of drug-likeness (QED) is 0.168. The molecule has 0 radical (unpaired) electrons. The largest absolute Gasteiger partial charge is 0.452 e. The van der Waals surface area contributed by atoms with Gasteiger partial charge in [0, 0.05) is 27.0 Å². The summed E-state index contributed by atoms with van der Waals surface area (Å²) in [4.78, 5) is 0. The molecular formula is C57H36O2. The molecule has 13 rings (SSSR count). The van der Waals surface area contributed by atoms with E-state index in [4.69, 9.17) is 8.83 Å². The summed E-state index contributed by atoms with van der Waals surface area (Å²) < 4.78 is 13.2. The van der Waals surface area contributed by atoms with Gasteiger partial charge in [0.2, 0.25) is 0 Å². The normalized spacial score (nSPS) is 13.4. The summed E-state index contributed by atoms with van der Waals surface area (Å²) in [6.45, 7) is 4.75. The van der Waals surface area contributed by atoms with Gasteiger partial charge < -0.3 is 8.83 Å². The van der Waals surface area contributed by atoms with Crippen LogP contribution in [0.2, 0.25) is 0 Å². The molecule has 0 saturated carbocycles. The number of benzene rings is 10. The first-order chi connectivity index (χ1) is 29.0. The first kappa shape index (κ1) is 32.6. The van der Waals surface area contributed by atoms with E-state index < -0.39 is 0 Å². The first-order valence-corrected chi connectivity index (χ1v) is 20.5. The second-order valence-corrected chi connectivity index (χ2v) is 16.7. The lowest BCUT2D eigenvalue weighted by molar-refractivity contribution is 0.633. The fourth-order valence-electron chi connectivity index (χ4n) is 10.5. The smallest absolute Gasteiger partial charge is 0.178 e. The minimum atomic E-state index is -0.166. The summed E-state index contributed by atoms with van der Waals surface area (Å²) >= 11 is 0. The predicted molar refractivity (Wildman–Crippen MR) is 247 cm³/mol. The van der Waals surface area contributed by atoms with E-state index in [0.717, 1.165) is 49.4 Å². The van der Waals surface area contributed by atoms with Crippen LogP contribution in [0.3, 0.4) is 0 Å². The molecule has 1 aliphatic rings. The standard InChI is InChI=1S/C57H36O2/c1-57(2)48-28-22-35(36-20-25-40-45-26-27-46-54-38-15-7-6-12-33(38)23-29-50(54)58-56(46)55(45)59-51(40)32-36)30-47(48)39-24-21-37(31-49(39)57)53-43-18-10-8-16-41(43)52(34-13-4-3-5-14-34)42-17-9-11-19-44(42)53/h3-32H,1-2H3. The van der Waals surface area contributed by atoms with Gasteiger partial charge in [-0.2, -0.15) is 0 Å². The lowest BCUT2D eigenvalue weighted by atomic mass is 9.80. The number of hydrogen-bond donors (Lipinski definition) is 0. The van der Waals surface area contributed by atoms with Gasteiger partial charge in [-0.1, -0.05) is 153 Å². The van der Waals surface area contributed by atoms with Crippen LogP contribution < -0.4 is 0 Å². The number of rotatable bonds is 3. The zero-order chi connectivity index (χ0) is 39.0. The van der Waals surface area contributed by atoms with E-state index in [2.05, 4.69) is 196 Å². The van der Waals surface area contributed by atoms with Crippen molar-refractivity contribution in [1.29, 1.82) is 0 Å². The highest BCUT2D eigenvalue weighted by Gasteiger charge is 2.36. The number of furan rings is 2. The Balaban J connectivity index is 0.938. The Labute approximate surface area is 340 Å². The lowest BCUT2D eigenvalue weighted by Gasteiger charge is -2.23. The maximum atomic E-state index is 6.71. The van der Waals surface area contributed by atoms with E-state index in [-0.39, 0.29) is 5.41 Å². The van der Waals surface area contributed by atoms with Crippen LogP contribution in [-0.2, 0) is 5.41 Å². The van der Waals surface area contributed by atoms with Gasteiger partial charge in [-0.15, -0.1) is 0 Å². The molecule has 0 bridgehead atoms. The maximum Gasteiger partial charge on any atom is 0.178 e. The molecule has 10 aromatic carbocycles. The van der Waals surface area contributed by atoms with Gasteiger partial charge in [0.05, 0.1) is 0 Å². The summed E-state index contributed by atoms with van der Waals surface area (Å²) in [6.07, 6.45) is 0. The van der Waals surface area contributed by atoms with Crippen molar-refractivity contribution in [3.63, 3.8) is 0 Å². The molecule has 59 heavy (non-hydrogen) atoms. The highest BCUT2D eigenvalue weighted by Crippen LogP contribution is 2.52. The molecule has 12 aromatic rings. The highest BCUT2D eigenvalue weighted by molar-refractivity contribution is 6.25. The third-order valence-electron chi connectivity index (χ3n) is 13.3. The molecule has 0 saturated heterocycles. The SMILES string of the molecule is CC1(C)c2ccc(-c3ccc4c(c3)oc3c4ccc4c3oc3ccc5ccccc5c34)cc2-c2ccc(-c3c4ccccc4c(-c4ccccc4)c4ccccc34)cc21. The Bertz CT molecular complexity index is 3690. The Morgan fingerprint density at radius 1 is 0.339 bits per heavy atom. The Morgan fingerprint density at radius 3 is 1.68 bits per heavy atom. The highest BCUT2D eigenvalue weighted by atomic mass is 16.4. The molecule has 2 nitrogen and oxygen atoms in total. The van der Waals surface area contributed by atoms with Gasteiger partial charge >= 0.3 is 0 Å². The average Bonchev–Trinajstić information content (AvgIpc) is 3.93. The summed E-state index contributed by atoms with van der Waals surface area (Å²) in [5.41, 5.74) is 15.9. The fourth-order valence-corrected chi connectivity index (χ4v) is 10.5. The number of fused-ring (bicyclic) bond motifs is 14. The van der Waals surface area contributed by atoms with Crippen LogP contribution in [0.1, 0.15) is 25.0 Å². The van der Waals surface area contributed by atoms with Crippen molar-refractivity contribution in [2.24, 2.45) is 0 Å². The van der Waals surface area contributed by atoms with Gasteiger partial charge in [0.15, 0.2) is 11.2 Å². The molecule has 1 aliphatic carbocycles. The van der Waals surface area contributed by atoms with E-state index in [0.29, 0.717) is 0 Å². The fraction of sp³-hybridized carbons (Fsp3) is 0.0526. The maximum absolute atomic E-state index is 6.71. The third kappa shape index (κ3) is 4.52. The molecule has 2 heterocycles. The van der Waals surface area contributed by atoms with E-state index in [1.54, 1.807) is 0 Å². The minimum absolute atomic E-state index is 0.166. The van der Waals surface area contributed by atoms with Crippen molar-refractivity contribution in [3.8, 4) is 44.5 Å². The summed E-state index contributed by atoms with van der Waals surface area (Å²) in [5, 5.41) is 11.9. The van der Waals surface area contributed by atoms with Gasteiger partial charge in [0.25, 0.3) is 0 Å². The van der Waals surface area contributed by atoms with Crippen LogP contribution in [0, 0.1) is 0 Å². The summed E-state index contributed by atoms with van der Waals surface area (Å²) in [5.74, 6) is 0. The molecule has 0 N–H and O–H groups in total. The molecule has 0 atom stereocenters. The predicted octanol–water partition coefficient (Wildman–Crippen LogP) is 16.3. The number of hydrogen-bond acceptors (Lipinski definition) is 2. The Hall–Kier alpha value is -7.42. The van der Waals surface area contributed by atoms with Gasteiger partial charge in [0.1, 0.15) is 11.2 Å². The van der Waals surface area contributed by atoms with Crippen molar-refractivity contribution in [1.82, 2.24) is 0 Å². The lowest BCUT2D eigenvalue weighted by Crippen LogP contribution is -2.15. The molecule has 0 spiro atoms. The van der Waals surface area contributed by atoms with Crippen LogP contribution in [0.25, 0.3) is 121 Å². The average molecular weight is 753 g/mol. The van der Waals surface area contributed by atoms with Crippen LogP contribution in [-0.4, -0.2) is 0 Å². The summed E-state index contributed by atoms with van der Waals surface area (Å²) in [6, 6.07) is 66.5. The first-order valence-electron chi connectivity index (χ1n) is 20.5. The van der Waals surface area contributed by atoms with Crippen LogP contribution in [0.15, 0.2) is 191 Å². The van der Waals surface area contributed by atoms with E-state index in [1.165, 1.54) is 82.4 Å². The Morgan fingerprint density at radius 2 is 0.915 bits per heavy atom. The van der Waals surface area contributed by atoms with E-state index in [9.17, 15) is 0 Å². The topological polar surface area (TPSA) is 26.3 Å². The van der Waals surface area contributed by atoms with Crippen molar-refractivity contribution in [2.75, 3.05) is 0 Å². The Kier molecular flexibility index (Phi) is 6.54. The molecule has 0 amide bonds. The summed E-state index contributed by atoms with van der Waals surface area (Å²) in [7, 11) is 0. The second kappa shape index (κ2) is 11.8. The molecule has 2 aromatic heterocycles. The molecule has 276 valence electrons. The molecular weight excluding hydrogens is 717 g/mol. The van der Waals surface area contributed by atoms with Crippen LogP contribution in [0.5, 0.6) is 0 Å². The zero-order valence-corrected chi connectivity index (χ0v) is 32.6. The van der Waals surface area contributed by atoms with Crippen molar-refractivity contribution in [3.05, 3.63) is 193 Å². The molecule has 0 fully saturated rings. The minimum Gasteiger partial charge on any atom is -0.452 e.